The van der Waals surface area contributed by atoms with Crippen molar-refractivity contribution in [2.45, 2.75) is 6.10 Å². The van der Waals surface area contributed by atoms with Crippen LogP contribution in [0.2, 0.25) is 0 Å². The normalized spacial score (nSPS) is 12.7. The zero-order chi connectivity index (χ0) is 11.8. The molecule has 0 aliphatic carbocycles. The summed E-state index contributed by atoms with van der Waals surface area (Å²) < 4.78 is 0. The lowest BCUT2D eigenvalue weighted by Gasteiger charge is -2.11. The predicted octanol–water partition coefficient (Wildman–Crippen LogP) is 0.432. The van der Waals surface area contributed by atoms with Crippen LogP contribution in [-0.4, -0.2) is 42.8 Å². The highest BCUT2D eigenvalue weighted by atomic mass is 16.6. The number of aliphatic hydroxyl groups excluding tert-OH is 2. The van der Waals surface area contributed by atoms with Crippen LogP contribution in [0.3, 0.4) is 0 Å². The molecule has 1 aromatic carbocycles. The molecule has 3 N–H and O–H groups in total. The summed E-state index contributed by atoms with van der Waals surface area (Å²) in [5.74, 6) is 0. The van der Waals surface area contributed by atoms with Gasteiger partial charge in [-0.2, -0.15) is 0 Å². The number of anilines is 1. The first-order valence-corrected chi connectivity index (χ1v) is 4.96. The van der Waals surface area contributed by atoms with Gasteiger partial charge in [0, 0.05) is 17.8 Å². The molecule has 0 bridgehead atoms. The van der Waals surface area contributed by atoms with Crippen molar-refractivity contribution in [3.63, 3.8) is 0 Å². The number of hydrogen-bond acceptors (Lipinski definition) is 5. The van der Waals surface area contributed by atoms with Gasteiger partial charge < -0.3 is 20.4 Å². The Balaban J connectivity index is 2.67. The monoisotopic (exact) mass is 224 g/mol. The fourth-order valence-corrected chi connectivity index (χ4v) is 1.17. The highest BCUT2D eigenvalue weighted by Crippen LogP contribution is 2.12. The van der Waals surface area contributed by atoms with E-state index in [2.05, 4.69) is 15.3 Å². The number of para-hydroxylation sites is 1. The number of oxime groups is 1. The number of hydrogen-bond donors (Lipinski definition) is 3. The molecule has 0 saturated heterocycles. The maximum atomic E-state index is 9.22. The average molecular weight is 224 g/mol. The second-order valence-electron chi connectivity index (χ2n) is 3.22. The van der Waals surface area contributed by atoms with Crippen molar-refractivity contribution in [3.8, 4) is 0 Å². The molecule has 0 amide bonds. The Morgan fingerprint density at radius 2 is 2.25 bits per heavy atom. The lowest BCUT2D eigenvalue weighted by molar-refractivity contribution is 0.105. The van der Waals surface area contributed by atoms with E-state index in [1.807, 2.05) is 24.3 Å². The van der Waals surface area contributed by atoms with Crippen molar-refractivity contribution >= 4 is 11.9 Å². The Morgan fingerprint density at radius 3 is 2.94 bits per heavy atom. The Labute approximate surface area is 94.4 Å². The van der Waals surface area contributed by atoms with Gasteiger partial charge in [0.25, 0.3) is 0 Å². The van der Waals surface area contributed by atoms with Gasteiger partial charge in [-0.05, 0) is 6.07 Å². The molecule has 1 aromatic rings. The summed E-state index contributed by atoms with van der Waals surface area (Å²) >= 11 is 0. The first kappa shape index (κ1) is 12.5. The molecular weight excluding hydrogens is 208 g/mol. The third-order valence-corrected chi connectivity index (χ3v) is 2.00. The molecule has 88 valence electrons. The van der Waals surface area contributed by atoms with Gasteiger partial charge in [0.15, 0.2) is 0 Å². The summed E-state index contributed by atoms with van der Waals surface area (Å²) in [6.45, 7) is 0.0235. The van der Waals surface area contributed by atoms with Gasteiger partial charge in [-0.25, -0.2) is 0 Å². The Hall–Kier alpha value is -1.59. The molecule has 0 aliphatic heterocycles. The lowest BCUT2D eigenvalue weighted by Crippen LogP contribution is -2.23. The molecule has 0 aromatic heterocycles. The predicted molar refractivity (Wildman–Crippen MR) is 62.6 cm³/mol. The zero-order valence-electron chi connectivity index (χ0n) is 9.13. The number of benzene rings is 1. The minimum Gasteiger partial charge on any atom is -0.399 e. The minimum atomic E-state index is -0.771. The van der Waals surface area contributed by atoms with E-state index in [9.17, 15) is 5.11 Å². The zero-order valence-corrected chi connectivity index (χ0v) is 9.13. The maximum Gasteiger partial charge on any atom is 0.106 e. The third-order valence-electron chi connectivity index (χ3n) is 2.00. The lowest BCUT2D eigenvalue weighted by atomic mass is 10.2. The van der Waals surface area contributed by atoms with Crippen LogP contribution in [0, 0.1) is 0 Å². The summed E-state index contributed by atoms with van der Waals surface area (Å²) in [7, 11) is 1.47. The molecule has 0 aliphatic rings. The molecule has 5 nitrogen and oxygen atoms in total. The van der Waals surface area contributed by atoms with Crippen LogP contribution in [0.4, 0.5) is 5.69 Å². The summed E-state index contributed by atoms with van der Waals surface area (Å²) in [4.78, 5) is 4.60. The molecule has 0 saturated carbocycles. The molecule has 0 fully saturated rings. The molecule has 0 heterocycles. The first-order chi connectivity index (χ1) is 7.77. The van der Waals surface area contributed by atoms with E-state index in [-0.39, 0.29) is 13.2 Å². The van der Waals surface area contributed by atoms with Crippen LogP contribution in [0.15, 0.2) is 29.4 Å². The van der Waals surface area contributed by atoms with E-state index < -0.39 is 6.10 Å². The van der Waals surface area contributed by atoms with Gasteiger partial charge in [-0.15, -0.1) is 0 Å². The van der Waals surface area contributed by atoms with Gasteiger partial charge in [0.1, 0.15) is 7.11 Å². The SMILES string of the molecule is CON=Cc1ccccc1NCC(O)CO. The van der Waals surface area contributed by atoms with Crippen LogP contribution in [0.1, 0.15) is 5.56 Å². The van der Waals surface area contributed by atoms with Gasteiger partial charge in [-0.1, -0.05) is 23.4 Å². The molecular formula is C11H16N2O3. The van der Waals surface area contributed by atoms with Crippen molar-refractivity contribution in [3.05, 3.63) is 29.8 Å². The summed E-state index contributed by atoms with van der Waals surface area (Å²) in [6.07, 6.45) is 0.806. The summed E-state index contributed by atoms with van der Waals surface area (Å²) in [6, 6.07) is 7.49. The number of nitrogens with one attached hydrogen (secondary N) is 1. The Bertz CT molecular complexity index is 342. The largest absolute Gasteiger partial charge is 0.399 e. The van der Waals surface area contributed by atoms with E-state index >= 15 is 0 Å². The van der Waals surface area contributed by atoms with Gasteiger partial charge >= 0.3 is 0 Å². The third kappa shape index (κ3) is 3.88. The van der Waals surface area contributed by atoms with Crippen LogP contribution in [0.25, 0.3) is 0 Å². The molecule has 5 heteroatoms. The Kier molecular flexibility index (Phi) is 5.31. The smallest absolute Gasteiger partial charge is 0.106 e. The minimum absolute atomic E-state index is 0.263. The van der Waals surface area contributed by atoms with Gasteiger partial charge in [0.2, 0.25) is 0 Å². The number of aliphatic hydroxyl groups is 2. The van der Waals surface area contributed by atoms with E-state index in [0.717, 1.165) is 11.3 Å². The van der Waals surface area contributed by atoms with Crippen LogP contribution in [0.5, 0.6) is 0 Å². The molecule has 16 heavy (non-hydrogen) atoms. The van der Waals surface area contributed by atoms with Crippen molar-refractivity contribution in [2.75, 3.05) is 25.6 Å². The topological polar surface area (TPSA) is 74.1 Å². The van der Waals surface area contributed by atoms with E-state index in [1.54, 1.807) is 6.21 Å². The number of nitrogens with zero attached hydrogens (tertiary/aromatic N) is 1. The van der Waals surface area contributed by atoms with Gasteiger partial charge in [-0.3, -0.25) is 0 Å². The Morgan fingerprint density at radius 1 is 1.50 bits per heavy atom. The van der Waals surface area contributed by atoms with Crippen molar-refractivity contribution in [1.29, 1.82) is 0 Å². The van der Waals surface area contributed by atoms with E-state index in [0.29, 0.717) is 0 Å². The fraction of sp³-hybridized carbons (Fsp3) is 0.364. The number of rotatable bonds is 6. The highest BCUT2D eigenvalue weighted by Gasteiger charge is 2.03. The molecule has 0 spiro atoms. The first-order valence-electron chi connectivity index (χ1n) is 4.96. The van der Waals surface area contributed by atoms with Crippen LogP contribution in [-0.2, 0) is 4.84 Å². The van der Waals surface area contributed by atoms with E-state index in [4.69, 9.17) is 5.11 Å². The van der Waals surface area contributed by atoms with Crippen molar-refractivity contribution < 1.29 is 15.1 Å². The van der Waals surface area contributed by atoms with Crippen molar-refractivity contribution in [2.24, 2.45) is 5.16 Å². The average Bonchev–Trinajstić information content (AvgIpc) is 2.34. The molecule has 0 radical (unpaired) electrons. The molecule has 1 unspecified atom stereocenters. The van der Waals surface area contributed by atoms with Crippen LogP contribution >= 0.6 is 0 Å². The van der Waals surface area contributed by atoms with Crippen LogP contribution < -0.4 is 5.32 Å². The molecule has 1 atom stereocenters. The second kappa shape index (κ2) is 6.81. The van der Waals surface area contributed by atoms with Crippen molar-refractivity contribution in [1.82, 2.24) is 0 Å². The molecule has 1 rings (SSSR count). The highest BCUT2D eigenvalue weighted by molar-refractivity contribution is 5.87. The van der Waals surface area contributed by atoms with Gasteiger partial charge in [0.05, 0.1) is 18.9 Å². The fourth-order valence-electron chi connectivity index (χ4n) is 1.17. The maximum absolute atomic E-state index is 9.22. The summed E-state index contributed by atoms with van der Waals surface area (Å²) in [5, 5.41) is 24.6. The standard InChI is InChI=1S/C11H16N2O3/c1-16-13-6-9-4-2-3-5-11(9)12-7-10(15)8-14/h2-6,10,12,14-15H,7-8H2,1H3. The van der Waals surface area contributed by atoms with E-state index in [1.165, 1.54) is 7.11 Å². The summed E-state index contributed by atoms with van der Waals surface area (Å²) in [5.41, 5.74) is 1.69. The quantitative estimate of drug-likeness (QED) is 0.484. The second-order valence-corrected chi connectivity index (χ2v) is 3.22.